The van der Waals surface area contributed by atoms with Crippen LogP contribution in [0.15, 0.2) is 218 Å². The molecule has 0 radical (unpaired) electrons. The number of aromatic nitrogens is 6. The van der Waals surface area contributed by atoms with E-state index >= 15 is 0 Å². The second kappa shape index (κ2) is 22.4. The zero-order chi connectivity index (χ0) is 58.3. The maximum Gasteiger partial charge on any atom is 0.165 e. The number of hydrogen-bond donors (Lipinski definition) is 0. The Morgan fingerprint density at radius 3 is 0.735 bits per heavy atom. The van der Waals surface area contributed by atoms with Gasteiger partial charge in [0.25, 0.3) is 0 Å². The molecule has 0 aliphatic heterocycles. The van der Waals surface area contributed by atoms with Crippen molar-refractivity contribution in [3.05, 3.63) is 275 Å². The van der Waals surface area contributed by atoms with Gasteiger partial charge in [-0.1, -0.05) is 301 Å². The largest absolute Gasteiger partial charge is 0.208 e. The fraction of sp³-hybridized carbons (Fsp3) is 0.221. The van der Waals surface area contributed by atoms with Crippen LogP contribution in [0.2, 0.25) is 0 Å². The molecule has 1 aliphatic carbocycles. The zero-order valence-corrected chi connectivity index (χ0v) is 50.2. The Hall–Kier alpha value is -9.00. The van der Waals surface area contributed by atoms with Gasteiger partial charge in [0.05, 0.1) is 0 Å². The van der Waals surface area contributed by atoms with Crippen LogP contribution in [0.1, 0.15) is 146 Å². The maximum atomic E-state index is 5.74. The van der Waals surface area contributed by atoms with Gasteiger partial charge in [0.15, 0.2) is 34.9 Å². The molecule has 2 heterocycles. The maximum absolute atomic E-state index is 5.74. The second-order valence-corrected chi connectivity index (χ2v) is 26.0. The van der Waals surface area contributed by atoms with Crippen molar-refractivity contribution in [3.63, 3.8) is 0 Å². The Morgan fingerprint density at radius 1 is 0.205 bits per heavy atom. The van der Waals surface area contributed by atoms with E-state index in [-0.39, 0.29) is 21.7 Å². The van der Waals surface area contributed by atoms with Gasteiger partial charge in [-0.3, -0.25) is 0 Å². The van der Waals surface area contributed by atoms with Gasteiger partial charge < -0.3 is 0 Å². The predicted molar refractivity (Wildman–Crippen MR) is 347 cm³/mol. The summed E-state index contributed by atoms with van der Waals surface area (Å²) in [6.07, 6.45) is 0.420. The van der Waals surface area contributed by atoms with Crippen LogP contribution in [0, 0.1) is 0 Å². The molecule has 0 saturated heterocycles. The third-order valence-electron chi connectivity index (χ3n) is 15.8. The number of nitrogens with zero attached hydrogens (tertiary/aromatic N) is 6. The van der Waals surface area contributed by atoms with Crippen molar-refractivity contribution < 1.29 is 0 Å². The van der Waals surface area contributed by atoms with Crippen LogP contribution in [0.3, 0.4) is 0 Å². The summed E-state index contributed by atoms with van der Waals surface area (Å²) in [4.78, 5) is 33.4. The van der Waals surface area contributed by atoms with Crippen molar-refractivity contribution >= 4 is 33.4 Å². The lowest BCUT2D eigenvalue weighted by Crippen LogP contribution is -2.12. The van der Waals surface area contributed by atoms with Crippen molar-refractivity contribution in [1.29, 1.82) is 0 Å². The predicted octanol–water partition coefficient (Wildman–Crippen LogP) is 19.5. The van der Waals surface area contributed by atoms with E-state index in [1.165, 1.54) is 22.3 Å². The summed E-state index contributed by atoms with van der Waals surface area (Å²) in [5.74, 6) is 3.44. The molecule has 0 amide bonds. The molecule has 0 unspecified atom stereocenters. The SMILES string of the molecule is CC(C)(C)c1ccc(C2=C(c3ccc(C(C)(C)C)cc3)C(c3nc(-c4ccccc4)nc(-c4ccccc4)n3)=C(c3ccc(C(C)(C)C)cc3)C(c3ccc(C(C)(C)C)cc3)=C(c3nc(-c4ccccc4)nc(-c4ccccc4)n3)C2)cc1. The summed E-state index contributed by atoms with van der Waals surface area (Å²) in [7, 11) is 0. The van der Waals surface area contributed by atoms with Gasteiger partial charge in [-0.05, 0) is 82.9 Å². The monoisotopic (exact) mass is 1080 g/mol. The molecular formula is C77H74N6. The normalized spacial score (nSPS) is 13.6. The Kier molecular flexibility index (Phi) is 15.1. The topological polar surface area (TPSA) is 77.3 Å². The Morgan fingerprint density at radius 2 is 0.446 bits per heavy atom. The van der Waals surface area contributed by atoms with E-state index in [1.54, 1.807) is 0 Å². The van der Waals surface area contributed by atoms with E-state index in [0.29, 0.717) is 41.4 Å². The van der Waals surface area contributed by atoms with E-state index in [9.17, 15) is 0 Å². The third kappa shape index (κ3) is 12.0. The van der Waals surface area contributed by atoms with Gasteiger partial charge in [-0.25, -0.2) is 29.9 Å². The molecule has 0 spiro atoms. The van der Waals surface area contributed by atoms with Gasteiger partial charge >= 0.3 is 0 Å². The van der Waals surface area contributed by atoms with E-state index < -0.39 is 0 Å². The highest BCUT2D eigenvalue weighted by Crippen LogP contribution is 2.54. The number of hydrogen-bond acceptors (Lipinski definition) is 6. The highest BCUT2D eigenvalue weighted by atomic mass is 15.0. The van der Waals surface area contributed by atoms with Gasteiger partial charge in [0, 0.05) is 45.4 Å². The molecule has 1 aliphatic rings. The van der Waals surface area contributed by atoms with Crippen LogP contribution in [0.25, 0.3) is 79.0 Å². The molecule has 6 heteroatoms. The molecule has 6 nitrogen and oxygen atoms in total. The molecule has 0 fully saturated rings. The number of benzene rings is 8. The molecule has 11 rings (SSSR count). The average molecular weight is 1080 g/mol. The summed E-state index contributed by atoms with van der Waals surface area (Å²) in [5, 5.41) is 0. The van der Waals surface area contributed by atoms with Gasteiger partial charge in [0.1, 0.15) is 0 Å². The fourth-order valence-electron chi connectivity index (χ4n) is 10.9. The first-order valence-corrected chi connectivity index (χ1v) is 29.1. The number of allylic oxidation sites excluding steroid dienone is 6. The molecule has 10 aromatic rings. The van der Waals surface area contributed by atoms with E-state index in [2.05, 4.69) is 229 Å². The van der Waals surface area contributed by atoms with Crippen LogP contribution >= 0.6 is 0 Å². The Labute approximate surface area is 492 Å². The van der Waals surface area contributed by atoms with Crippen LogP contribution < -0.4 is 0 Å². The molecular weight excluding hydrogens is 1010 g/mol. The molecule has 0 atom stereocenters. The molecule has 0 saturated carbocycles. The Bertz CT molecular complexity index is 3920. The minimum atomic E-state index is -0.117. The van der Waals surface area contributed by atoms with Crippen molar-refractivity contribution in [2.45, 2.75) is 111 Å². The van der Waals surface area contributed by atoms with Gasteiger partial charge in [-0.2, -0.15) is 0 Å². The molecule has 8 aromatic carbocycles. The first-order chi connectivity index (χ1) is 39.7. The van der Waals surface area contributed by atoms with E-state index in [4.69, 9.17) is 29.9 Å². The summed E-state index contributed by atoms with van der Waals surface area (Å²) < 4.78 is 0. The Balaban J connectivity index is 1.40. The van der Waals surface area contributed by atoms with Gasteiger partial charge in [0.2, 0.25) is 0 Å². The summed E-state index contributed by atoms with van der Waals surface area (Å²) in [5.41, 5.74) is 18.0. The fourth-order valence-corrected chi connectivity index (χ4v) is 10.9. The lowest BCUT2D eigenvalue weighted by Gasteiger charge is -2.25. The highest BCUT2D eigenvalue weighted by Gasteiger charge is 2.35. The molecule has 2 aromatic heterocycles. The smallest absolute Gasteiger partial charge is 0.165 e. The molecule has 412 valence electrons. The second-order valence-electron chi connectivity index (χ2n) is 26.0. The standard InChI is InChI=1S/C77H74N6/c1-74(2,3)58-41-33-50(34-42-58)62-49-63(72-80-68(54-25-17-13-18-26-54)78-69(81-72)55-27-19-14-20-28-55)65(52-37-45-60(46-38-52)76(7,8)9)66(53-39-47-61(48-40-53)77(10,11)12)67(64(62)51-35-43-59(44-36-51)75(4,5)6)73-82-70(56-29-21-15-22-30-56)79-71(83-73)57-31-23-16-24-32-57/h13-48H,49H2,1-12H3. The van der Waals surface area contributed by atoms with E-state index in [0.717, 1.165) is 77.9 Å². The first-order valence-electron chi connectivity index (χ1n) is 29.1. The summed E-state index contributed by atoms with van der Waals surface area (Å²) in [6, 6.07) is 78.0. The van der Waals surface area contributed by atoms with Crippen molar-refractivity contribution in [2.24, 2.45) is 0 Å². The lowest BCUT2D eigenvalue weighted by molar-refractivity contribution is 0.590. The molecule has 0 bridgehead atoms. The summed E-state index contributed by atoms with van der Waals surface area (Å²) in [6.45, 7) is 27.3. The van der Waals surface area contributed by atoms with Crippen molar-refractivity contribution in [1.82, 2.24) is 29.9 Å². The zero-order valence-electron chi connectivity index (χ0n) is 50.2. The van der Waals surface area contributed by atoms with Crippen molar-refractivity contribution in [3.8, 4) is 45.6 Å². The van der Waals surface area contributed by atoms with Crippen LogP contribution in [0.4, 0.5) is 0 Å². The third-order valence-corrected chi connectivity index (χ3v) is 15.8. The molecule has 83 heavy (non-hydrogen) atoms. The van der Waals surface area contributed by atoms with E-state index in [1.807, 2.05) is 72.8 Å². The minimum Gasteiger partial charge on any atom is -0.208 e. The van der Waals surface area contributed by atoms with Gasteiger partial charge in [-0.15, -0.1) is 0 Å². The quantitative estimate of drug-likeness (QED) is 0.136. The van der Waals surface area contributed by atoms with Crippen LogP contribution in [-0.4, -0.2) is 29.9 Å². The molecule has 0 N–H and O–H groups in total. The lowest BCUT2D eigenvalue weighted by atomic mass is 9.79. The highest BCUT2D eigenvalue weighted by molar-refractivity contribution is 6.34. The van der Waals surface area contributed by atoms with Crippen LogP contribution in [-0.2, 0) is 21.7 Å². The first kappa shape index (κ1) is 55.9. The average Bonchev–Trinajstić information content (AvgIpc) is 3.89. The summed E-state index contributed by atoms with van der Waals surface area (Å²) >= 11 is 0. The van der Waals surface area contributed by atoms with Crippen LogP contribution in [0.5, 0.6) is 0 Å². The minimum absolute atomic E-state index is 0.0873. The number of rotatable bonds is 10. The van der Waals surface area contributed by atoms with Crippen molar-refractivity contribution in [2.75, 3.05) is 0 Å².